The quantitative estimate of drug-likeness (QED) is 0.811. The standard InChI is InChI=1S/C12H17BrClNO/c1-3-10(7-14)15-8-9-6-11(16-2)4-5-12(9)13/h4-6,10,15H,3,7-8H2,1-2H3. The molecule has 0 aliphatic carbocycles. The number of nitrogens with one attached hydrogen (secondary N) is 1. The summed E-state index contributed by atoms with van der Waals surface area (Å²) in [4.78, 5) is 0. The topological polar surface area (TPSA) is 21.3 Å². The zero-order chi connectivity index (χ0) is 12.0. The van der Waals surface area contributed by atoms with Crippen LogP contribution in [0.1, 0.15) is 18.9 Å². The molecule has 90 valence electrons. The van der Waals surface area contributed by atoms with E-state index in [4.69, 9.17) is 16.3 Å². The highest BCUT2D eigenvalue weighted by Crippen LogP contribution is 2.22. The number of halogens is 2. The van der Waals surface area contributed by atoms with Gasteiger partial charge in [-0.05, 0) is 30.2 Å². The van der Waals surface area contributed by atoms with Crippen molar-refractivity contribution in [3.63, 3.8) is 0 Å². The molecule has 0 spiro atoms. The molecule has 4 heteroatoms. The van der Waals surface area contributed by atoms with Crippen molar-refractivity contribution in [3.8, 4) is 5.75 Å². The van der Waals surface area contributed by atoms with E-state index in [1.165, 1.54) is 5.56 Å². The van der Waals surface area contributed by atoms with Gasteiger partial charge in [0, 0.05) is 22.9 Å². The minimum absolute atomic E-state index is 0.361. The van der Waals surface area contributed by atoms with Gasteiger partial charge in [0.25, 0.3) is 0 Å². The lowest BCUT2D eigenvalue weighted by Gasteiger charge is -2.15. The Morgan fingerprint density at radius 3 is 2.81 bits per heavy atom. The zero-order valence-corrected chi connectivity index (χ0v) is 11.9. The van der Waals surface area contributed by atoms with E-state index in [1.807, 2.05) is 18.2 Å². The van der Waals surface area contributed by atoms with E-state index >= 15 is 0 Å². The third-order valence-electron chi connectivity index (χ3n) is 2.51. The predicted molar refractivity (Wildman–Crippen MR) is 72.3 cm³/mol. The normalized spacial score (nSPS) is 12.5. The lowest BCUT2D eigenvalue weighted by atomic mass is 10.2. The van der Waals surface area contributed by atoms with E-state index in [1.54, 1.807) is 7.11 Å². The number of benzene rings is 1. The summed E-state index contributed by atoms with van der Waals surface area (Å²) in [5, 5.41) is 3.41. The molecule has 0 fully saturated rings. The van der Waals surface area contributed by atoms with Gasteiger partial charge in [-0.1, -0.05) is 22.9 Å². The zero-order valence-electron chi connectivity index (χ0n) is 9.59. The molecule has 1 rings (SSSR count). The van der Waals surface area contributed by atoms with Gasteiger partial charge in [-0.2, -0.15) is 0 Å². The summed E-state index contributed by atoms with van der Waals surface area (Å²) in [6, 6.07) is 6.32. The fourth-order valence-electron chi connectivity index (χ4n) is 1.38. The van der Waals surface area contributed by atoms with Gasteiger partial charge >= 0.3 is 0 Å². The largest absolute Gasteiger partial charge is 0.497 e. The average Bonchev–Trinajstić information content (AvgIpc) is 2.32. The fourth-order valence-corrected chi connectivity index (χ4v) is 2.09. The first-order valence-corrected chi connectivity index (χ1v) is 6.65. The third kappa shape index (κ3) is 3.96. The minimum Gasteiger partial charge on any atom is -0.497 e. The second-order valence-electron chi connectivity index (χ2n) is 3.60. The molecule has 0 saturated carbocycles. The molecule has 1 aromatic rings. The predicted octanol–water partition coefficient (Wildman–Crippen LogP) is 3.56. The number of methoxy groups -OCH3 is 1. The van der Waals surface area contributed by atoms with Crippen LogP contribution in [0.4, 0.5) is 0 Å². The van der Waals surface area contributed by atoms with Crippen LogP contribution in [0, 0.1) is 0 Å². The number of hydrogen-bond acceptors (Lipinski definition) is 2. The van der Waals surface area contributed by atoms with E-state index < -0.39 is 0 Å². The maximum Gasteiger partial charge on any atom is 0.119 e. The van der Waals surface area contributed by atoms with E-state index in [9.17, 15) is 0 Å². The molecule has 0 amide bonds. The Labute approximate surface area is 110 Å². The molecular weight excluding hydrogens is 289 g/mol. The first-order valence-electron chi connectivity index (χ1n) is 5.33. The Kier molecular flexibility index (Phi) is 6.17. The van der Waals surface area contributed by atoms with Crippen molar-refractivity contribution in [2.45, 2.75) is 25.9 Å². The highest BCUT2D eigenvalue weighted by molar-refractivity contribution is 9.10. The average molecular weight is 307 g/mol. The molecular formula is C12H17BrClNO. The van der Waals surface area contributed by atoms with E-state index in [-0.39, 0.29) is 0 Å². The number of alkyl halides is 1. The Balaban J connectivity index is 2.65. The van der Waals surface area contributed by atoms with Gasteiger partial charge in [0.15, 0.2) is 0 Å². The van der Waals surface area contributed by atoms with Gasteiger partial charge in [0.2, 0.25) is 0 Å². The lowest BCUT2D eigenvalue weighted by Crippen LogP contribution is -2.29. The summed E-state index contributed by atoms with van der Waals surface area (Å²) in [5.41, 5.74) is 1.18. The summed E-state index contributed by atoms with van der Waals surface area (Å²) >= 11 is 9.36. The molecule has 1 unspecified atom stereocenters. The second-order valence-corrected chi connectivity index (χ2v) is 4.76. The van der Waals surface area contributed by atoms with Crippen molar-refractivity contribution >= 4 is 27.5 Å². The molecule has 0 saturated heterocycles. The molecule has 0 radical (unpaired) electrons. The molecule has 0 aliphatic rings. The summed E-state index contributed by atoms with van der Waals surface area (Å²) in [5.74, 6) is 1.51. The molecule has 1 aromatic carbocycles. The van der Waals surface area contributed by atoms with Crippen LogP contribution in [0.15, 0.2) is 22.7 Å². The van der Waals surface area contributed by atoms with Crippen LogP contribution in [0.2, 0.25) is 0 Å². The summed E-state index contributed by atoms with van der Waals surface area (Å²) in [6.45, 7) is 2.92. The van der Waals surface area contributed by atoms with Crippen LogP contribution in [0.25, 0.3) is 0 Å². The van der Waals surface area contributed by atoms with Crippen LogP contribution >= 0.6 is 27.5 Å². The van der Waals surface area contributed by atoms with Crippen LogP contribution in [0.3, 0.4) is 0 Å². The Morgan fingerprint density at radius 2 is 2.25 bits per heavy atom. The first kappa shape index (κ1) is 13.8. The van der Waals surface area contributed by atoms with Gasteiger partial charge in [-0.15, -0.1) is 11.6 Å². The number of hydrogen-bond donors (Lipinski definition) is 1. The molecule has 0 bridgehead atoms. The van der Waals surface area contributed by atoms with Gasteiger partial charge < -0.3 is 10.1 Å². The second kappa shape index (κ2) is 7.15. The van der Waals surface area contributed by atoms with Gasteiger partial charge in [-0.25, -0.2) is 0 Å². The summed E-state index contributed by atoms with van der Waals surface area (Å²) in [7, 11) is 1.67. The summed E-state index contributed by atoms with van der Waals surface area (Å²) < 4.78 is 6.28. The highest BCUT2D eigenvalue weighted by Gasteiger charge is 2.06. The molecule has 0 heterocycles. The van der Waals surface area contributed by atoms with Crippen LogP contribution in [0.5, 0.6) is 5.75 Å². The van der Waals surface area contributed by atoms with Crippen molar-refractivity contribution in [3.05, 3.63) is 28.2 Å². The molecule has 1 N–H and O–H groups in total. The Hall–Kier alpha value is -0.250. The molecule has 0 aromatic heterocycles. The number of ether oxygens (including phenoxy) is 1. The van der Waals surface area contributed by atoms with Crippen LogP contribution < -0.4 is 10.1 Å². The molecule has 16 heavy (non-hydrogen) atoms. The van der Waals surface area contributed by atoms with Crippen molar-refractivity contribution in [1.82, 2.24) is 5.32 Å². The lowest BCUT2D eigenvalue weighted by molar-refractivity contribution is 0.413. The van der Waals surface area contributed by atoms with Gasteiger partial charge in [0.05, 0.1) is 7.11 Å². The van der Waals surface area contributed by atoms with Crippen molar-refractivity contribution in [1.29, 1.82) is 0 Å². The van der Waals surface area contributed by atoms with Crippen molar-refractivity contribution < 1.29 is 4.74 Å². The summed E-state index contributed by atoms with van der Waals surface area (Å²) in [6.07, 6.45) is 1.03. The van der Waals surface area contributed by atoms with E-state index in [0.29, 0.717) is 11.9 Å². The minimum atomic E-state index is 0.361. The number of rotatable bonds is 6. The fraction of sp³-hybridized carbons (Fsp3) is 0.500. The van der Waals surface area contributed by atoms with Crippen LogP contribution in [-0.2, 0) is 6.54 Å². The Bertz CT molecular complexity index is 329. The van der Waals surface area contributed by atoms with Crippen LogP contribution in [-0.4, -0.2) is 19.0 Å². The van der Waals surface area contributed by atoms with E-state index in [0.717, 1.165) is 23.2 Å². The van der Waals surface area contributed by atoms with Crippen molar-refractivity contribution in [2.75, 3.05) is 13.0 Å². The Morgan fingerprint density at radius 1 is 1.50 bits per heavy atom. The third-order valence-corrected chi connectivity index (χ3v) is 3.66. The first-order chi connectivity index (χ1) is 7.71. The van der Waals surface area contributed by atoms with Crippen molar-refractivity contribution in [2.24, 2.45) is 0 Å². The maximum atomic E-state index is 5.83. The monoisotopic (exact) mass is 305 g/mol. The molecule has 2 nitrogen and oxygen atoms in total. The highest BCUT2D eigenvalue weighted by atomic mass is 79.9. The van der Waals surface area contributed by atoms with E-state index in [2.05, 4.69) is 28.2 Å². The van der Waals surface area contributed by atoms with Gasteiger partial charge in [0.1, 0.15) is 5.75 Å². The maximum absolute atomic E-state index is 5.83. The molecule has 1 atom stereocenters. The smallest absolute Gasteiger partial charge is 0.119 e. The van der Waals surface area contributed by atoms with Gasteiger partial charge in [-0.3, -0.25) is 0 Å². The SMILES string of the molecule is CCC(CCl)NCc1cc(OC)ccc1Br. The molecule has 0 aliphatic heterocycles.